The Labute approximate surface area is 804 Å². The van der Waals surface area contributed by atoms with Crippen LogP contribution in [0.25, 0.3) is 77.0 Å². The molecule has 28 nitrogen and oxygen atoms in total. The summed E-state index contributed by atoms with van der Waals surface area (Å²) < 4.78 is 4.78. The first-order valence-corrected chi connectivity index (χ1v) is 49.7. The summed E-state index contributed by atoms with van der Waals surface area (Å²) in [6.45, 7) is 92.8. The average Bonchev–Trinajstić information content (AvgIpc) is 1.80. The Morgan fingerprint density at radius 3 is 1.20 bits per heavy atom. The molecule has 1 aromatic carbocycles. The molecule has 132 heavy (non-hydrogen) atoms. The van der Waals surface area contributed by atoms with Crippen LogP contribution < -0.4 is 16.0 Å². The van der Waals surface area contributed by atoms with E-state index in [1.807, 2.05) is 444 Å². The Kier molecular flexibility index (Phi) is 172. The second kappa shape index (κ2) is 147. The quantitative estimate of drug-likeness (QED) is 0.0631. The normalized spacial score (nSPS) is 9.61. The van der Waals surface area contributed by atoms with Gasteiger partial charge in [-0.1, -0.05) is 322 Å². The number of aromatic amines is 7. The van der Waals surface area contributed by atoms with Crippen LogP contribution in [-0.2, 0) is 14.4 Å². The molecule has 756 valence electrons. The fourth-order valence-corrected chi connectivity index (χ4v) is 7.44. The number of H-pyrrole nitrogens is 7. The third-order valence-electron chi connectivity index (χ3n) is 11.8. The lowest BCUT2D eigenvalue weighted by atomic mass is 10.3. The minimum Gasteiger partial charge on any atom is -0.483 e. The molecule has 4 aliphatic rings. The topological polar surface area (TPSA) is 378 Å². The zero-order valence-electron chi connectivity index (χ0n) is 91.6. The number of aliphatic imine (C=N–C) groups is 2. The number of oxime groups is 1. The summed E-state index contributed by atoms with van der Waals surface area (Å²) in [6, 6.07) is 30.9. The largest absolute Gasteiger partial charge is 0.483 e. The molecular weight excluding hydrogens is 1650 g/mol. The number of rotatable bonds is 0. The van der Waals surface area contributed by atoms with Crippen LogP contribution in [0, 0.1) is 0 Å². The van der Waals surface area contributed by atoms with Crippen molar-refractivity contribution in [1.29, 1.82) is 0 Å². The number of pyridine rings is 5. The van der Waals surface area contributed by atoms with Crippen molar-refractivity contribution >= 4 is 108 Å². The van der Waals surface area contributed by atoms with Gasteiger partial charge in [-0.05, 0) is 104 Å². The lowest BCUT2D eigenvalue weighted by Crippen LogP contribution is -2.22. The van der Waals surface area contributed by atoms with E-state index < -0.39 is 6.03 Å². The van der Waals surface area contributed by atoms with E-state index in [4.69, 9.17) is 4.74 Å². The van der Waals surface area contributed by atoms with Crippen molar-refractivity contribution in [3.8, 4) is 0 Å². The first-order valence-electron chi connectivity index (χ1n) is 49.7. The molecule has 0 radical (unpaired) electrons. The van der Waals surface area contributed by atoms with E-state index in [0.29, 0.717) is 0 Å². The van der Waals surface area contributed by atoms with Crippen molar-refractivity contribution in [3.05, 3.63) is 190 Å². The maximum Gasteiger partial charge on any atom is 0.321 e. The molecule has 14 aromatic rings. The highest BCUT2D eigenvalue weighted by Gasteiger charge is 2.14. The van der Waals surface area contributed by atoms with Crippen LogP contribution >= 0.6 is 0 Å². The number of fused-ring (bicyclic) bond motifs is 7. The van der Waals surface area contributed by atoms with Gasteiger partial charge in [0, 0.05) is 127 Å². The number of nitrogens with one attached hydrogen (secondary N) is 10. The van der Waals surface area contributed by atoms with Crippen LogP contribution in [-0.4, -0.2) is 161 Å². The van der Waals surface area contributed by atoms with Gasteiger partial charge < -0.3 is 40.1 Å². The monoisotopic (exact) mass is 1850 g/mol. The number of carbonyl (C=O) groups excluding carboxylic acids is 2. The van der Waals surface area contributed by atoms with Gasteiger partial charge >= 0.3 is 6.03 Å². The third-order valence-corrected chi connectivity index (χ3v) is 11.8. The van der Waals surface area contributed by atoms with Crippen molar-refractivity contribution in [2.24, 2.45) is 15.1 Å². The fourth-order valence-electron chi connectivity index (χ4n) is 7.44. The van der Waals surface area contributed by atoms with Gasteiger partial charge in [0.05, 0.1) is 60.0 Å². The van der Waals surface area contributed by atoms with Crippen LogP contribution in [0.1, 0.15) is 330 Å². The average molecular weight is 1850 g/mol. The number of para-hydroxylation sites is 2. The third kappa shape index (κ3) is 89.9. The maximum atomic E-state index is 10.1. The van der Waals surface area contributed by atoms with E-state index in [-0.39, 0.29) is 12.5 Å². The molecule has 0 atom stereocenters. The van der Waals surface area contributed by atoms with Gasteiger partial charge in [0.15, 0.2) is 17.7 Å². The maximum absolute atomic E-state index is 10.1. The molecule has 13 aromatic heterocycles. The Morgan fingerprint density at radius 2 is 0.803 bits per heavy atom. The second-order valence-corrected chi connectivity index (χ2v) is 18.1. The molecule has 1 saturated heterocycles. The molecule has 1 fully saturated rings. The van der Waals surface area contributed by atoms with Crippen molar-refractivity contribution < 1.29 is 19.2 Å². The summed E-state index contributed by atoms with van der Waals surface area (Å²) in [6.07, 6.45) is 36.3. The Bertz CT molecular complexity index is 3370. The van der Waals surface area contributed by atoms with Crippen molar-refractivity contribution in [2.75, 3.05) is 39.4 Å². The van der Waals surface area contributed by atoms with Crippen molar-refractivity contribution in [3.63, 3.8) is 0 Å². The number of imide groups is 1. The molecule has 0 aliphatic carbocycles. The number of hydrogen-bond acceptors (Lipinski definition) is 19. The van der Waals surface area contributed by atoms with Gasteiger partial charge in [-0.15, -0.1) is 0 Å². The van der Waals surface area contributed by atoms with Crippen LogP contribution in [0.3, 0.4) is 0 Å². The molecule has 28 heteroatoms. The van der Waals surface area contributed by atoms with Gasteiger partial charge in [-0.25, -0.2) is 24.7 Å². The lowest BCUT2D eigenvalue weighted by molar-refractivity contribution is -0.117. The number of nitrogens with zero attached hydrogens (tertiary/aromatic N) is 14. The van der Waals surface area contributed by atoms with Crippen molar-refractivity contribution in [2.45, 2.75) is 330 Å². The van der Waals surface area contributed by atoms with Gasteiger partial charge in [-0.2, -0.15) is 25.6 Å². The number of carbonyl (C=O) groups is 2. The molecule has 4 aliphatic heterocycles. The van der Waals surface area contributed by atoms with Gasteiger partial charge in [0.1, 0.15) is 29.6 Å². The van der Waals surface area contributed by atoms with E-state index in [1.54, 1.807) is 62.1 Å². The van der Waals surface area contributed by atoms with Crippen LogP contribution in [0.5, 0.6) is 0 Å². The minimum atomic E-state index is -0.398. The van der Waals surface area contributed by atoms with E-state index in [0.717, 1.165) is 124 Å². The standard InChI is InChI=1S/4C7H6N2.2C6H5N3.C5H4N4.C4H8N2.2C4H7NO.C3H4N2O2.22C2H6/c1-4-9-7-2-3-8-5-6(1)7;1-3-8-5-7-6(1)2-4-9-7;1-2-6-7(8-4-1)3-5-9-6;1-2-6-3-5-9-7(6)8-4-1;1-2-5-4-8-9-6(5)7-3-1;1-2-4-6-5(3-1)7-9-8-6;1-4-2-8-9-5(4)7-3-6-1;2*1-2-5-4-6-3-1;1-2-4-6-5-3-1;6-2-1-4-3(7)5-2;22*1-2/h3*1-5,9H;1-5H,(H,8,9);2*1-4H,(H,7,8,9);1-3H,(H,6,7,8,9);4H,1-3H2,(H,5,6);4H,1-3H2;3H,1-2,4H2;1H2,(H2,4,5,6,7);22*1-2H3. The summed E-state index contributed by atoms with van der Waals surface area (Å²) in [5, 5.41) is 39.7. The summed E-state index contributed by atoms with van der Waals surface area (Å²) in [7, 11) is 0. The SMILES string of the molecule is C1=NCCCN1.C1=NCCCO1.C1=NOCCC1.CC.CC.CC.CC.CC.CC.CC.CC.CC.CC.CC.CC.CC.CC.CC.CC.CC.CC.CC.CC.CC.CC.O=C1CNC(=O)N1.c1cc2[nH]ccc2cn1.c1cc2cc[nH]c2cn1.c1ccc2n[nH]nc2c1.c1cnc2[nH]ccc2c1.c1cnc2[nH]ncc2c1.c1cnc2cc[nH]c2c1.c1ncc2cn[nH]c2n1. The molecule has 0 unspecified atom stereocenters. The summed E-state index contributed by atoms with van der Waals surface area (Å²) >= 11 is 0. The minimum absolute atomic E-state index is 0.124. The highest BCUT2D eigenvalue weighted by Crippen LogP contribution is 2.11. The molecule has 18 rings (SSSR count). The Hall–Kier alpha value is -12.1. The Balaban J connectivity index is -0.0000000843. The molecule has 10 N–H and O–H groups in total. The van der Waals surface area contributed by atoms with Gasteiger partial charge in [-0.3, -0.25) is 45.2 Å². The molecule has 3 amide bonds. The first-order chi connectivity index (χ1) is 65.6. The van der Waals surface area contributed by atoms with Crippen LogP contribution in [0.4, 0.5) is 4.79 Å². The van der Waals surface area contributed by atoms with Gasteiger partial charge in [0.25, 0.3) is 0 Å². The zero-order chi connectivity index (χ0) is 105. The lowest BCUT2D eigenvalue weighted by Gasteiger charge is -2.01. The number of urea groups is 1. The van der Waals surface area contributed by atoms with E-state index in [9.17, 15) is 9.59 Å². The number of hydrogen-bond donors (Lipinski definition) is 10. The smallest absolute Gasteiger partial charge is 0.321 e. The zero-order valence-corrected chi connectivity index (χ0v) is 91.6. The highest BCUT2D eigenvalue weighted by molar-refractivity contribution is 6.01. The fraction of sp³-hybridized carbons (Fsp3) is 0.519. The molecule has 17 heterocycles. The second-order valence-electron chi connectivity index (χ2n) is 18.1. The number of aromatic nitrogens is 18. The molecular formula is C104H196N24O4. The summed E-state index contributed by atoms with van der Waals surface area (Å²) in [4.78, 5) is 72.5. The summed E-state index contributed by atoms with van der Waals surface area (Å²) in [5.74, 6) is -0.259. The molecule has 0 spiro atoms. The van der Waals surface area contributed by atoms with E-state index >= 15 is 0 Å². The van der Waals surface area contributed by atoms with Crippen LogP contribution in [0.2, 0.25) is 0 Å². The highest BCUT2D eigenvalue weighted by atomic mass is 16.6. The van der Waals surface area contributed by atoms with Crippen LogP contribution in [0.15, 0.2) is 205 Å². The molecule has 0 bridgehead atoms. The summed E-state index contributed by atoms with van der Waals surface area (Å²) in [5.41, 5.74) is 8.77. The molecule has 0 saturated carbocycles. The van der Waals surface area contributed by atoms with E-state index in [2.05, 4.69) is 121 Å². The number of amides is 3. The number of benzene rings is 1. The van der Waals surface area contributed by atoms with Crippen molar-refractivity contribution in [1.82, 2.24) is 107 Å². The number of ether oxygens (including phenoxy) is 1. The Morgan fingerprint density at radius 1 is 0.341 bits per heavy atom. The predicted octanol–water partition coefficient (Wildman–Crippen LogP) is 31.1. The van der Waals surface area contributed by atoms with Gasteiger partial charge in [0.2, 0.25) is 5.91 Å². The van der Waals surface area contributed by atoms with E-state index in [1.165, 1.54) is 24.5 Å². The first kappa shape index (κ1) is 154. The predicted molar refractivity (Wildman–Crippen MR) is 589 cm³/mol.